The Kier molecular flexibility index (Phi) is 7.97. The molecule has 37 heavy (non-hydrogen) atoms. The van der Waals surface area contributed by atoms with E-state index in [1.807, 2.05) is 6.92 Å². The summed E-state index contributed by atoms with van der Waals surface area (Å²) in [5.74, 6) is -1.39. The van der Waals surface area contributed by atoms with Gasteiger partial charge in [0.1, 0.15) is 12.0 Å². The molecule has 1 aliphatic heterocycles. The quantitative estimate of drug-likeness (QED) is 0.183. The predicted molar refractivity (Wildman–Crippen MR) is 134 cm³/mol. The molecule has 5 atom stereocenters. The smallest absolute Gasteiger partial charge is 0.412 e. The van der Waals surface area contributed by atoms with Crippen LogP contribution in [0.15, 0.2) is 75.5 Å². The summed E-state index contributed by atoms with van der Waals surface area (Å²) in [5.41, 5.74) is 9.42. The number of hydrogen-bond donors (Lipinski definition) is 2. The van der Waals surface area contributed by atoms with Crippen LogP contribution in [0.3, 0.4) is 0 Å². The molecule has 1 fully saturated rings. The van der Waals surface area contributed by atoms with Gasteiger partial charge >= 0.3 is 13.3 Å². The van der Waals surface area contributed by atoms with Crippen molar-refractivity contribution >= 4 is 7.60 Å². The van der Waals surface area contributed by atoms with Gasteiger partial charge in [-0.05, 0) is 37.1 Å². The molecule has 0 radical (unpaired) electrons. The number of aromatic amines is 1. The minimum Gasteiger partial charge on any atom is -0.422 e. The van der Waals surface area contributed by atoms with E-state index >= 15 is 0 Å². The van der Waals surface area contributed by atoms with E-state index in [-0.39, 0.29) is 18.8 Å². The summed E-state index contributed by atoms with van der Waals surface area (Å²) in [6.45, 7) is 3.05. The summed E-state index contributed by atoms with van der Waals surface area (Å²) in [5, 5.41) is 14.8. The van der Waals surface area contributed by atoms with Crippen molar-refractivity contribution in [2.75, 3.05) is 6.61 Å². The number of nitrogens with zero attached hydrogens (tertiary/aromatic N) is 4. The van der Waals surface area contributed by atoms with Gasteiger partial charge in [-0.3, -0.25) is 18.9 Å². The molecule has 1 aliphatic rings. The lowest BCUT2D eigenvalue weighted by Gasteiger charge is -2.26. The number of benzene rings is 2. The maximum atomic E-state index is 13.9. The first-order chi connectivity index (χ1) is 17.7. The molecule has 2 aromatic carbocycles. The molecule has 1 aromatic heterocycles. The number of azide groups is 1. The molecule has 0 amide bonds. The first-order valence-electron chi connectivity index (χ1n) is 11.5. The fraction of sp³-hybridized carbons (Fsp3) is 0.333. The number of H-pyrrole nitrogens is 1. The largest absolute Gasteiger partial charge is 0.422 e. The minimum atomic E-state index is -4.26. The number of aliphatic hydroxyl groups is 1. The normalized spacial score (nSPS) is 21.5. The van der Waals surface area contributed by atoms with Crippen molar-refractivity contribution in [2.45, 2.75) is 44.5 Å². The molecule has 0 saturated carbocycles. The van der Waals surface area contributed by atoms with Gasteiger partial charge in [0.25, 0.3) is 5.56 Å². The molecule has 2 unspecified atom stereocenters. The van der Waals surface area contributed by atoms with E-state index in [1.54, 1.807) is 61.5 Å². The standard InChI is InChI=1S/C24H26N5O7P/c1-15-8-10-17(11-9-15)23(31)37(33,36-18-6-4-3-5-7-18)34-14-20-19(27-28-25)12-21(35-20)29-13-16(2)22(30)26-24(29)32/h3-11,13,19-21,23,31H,12,14H2,1-2H3,(H,26,30,32)/t19-,20+,21+,23?,37?/m0/s1. The van der Waals surface area contributed by atoms with Crippen LogP contribution in [0.5, 0.6) is 5.75 Å². The van der Waals surface area contributed by atoms with E-state index in [0.29, 0.717) is 11.1 Å². The van der Waals surface area contributed by atoms with Crippen LogP contribution in [0.4, 0.5) is 0 Å². The lowest BCUT2D eigenvalue weighted by atomic mass is 10.1. The molecular weight excluding hydrogens is 501 g/mol. The summed E-state index contributed by atoms with van der Waals surface area (Å²) < 4.78 is 32.5. The number of hydrogen-bond acceptors (Lipinski definition) is 8. The molecule has 4 rings (SSSR count). The van der Waals surface area contributed by atoms with Gasteiger partial charge in [-0.1, -0.05) is 53.1 Å². The van der Waals surface area contributed by atoms with Gasteiger partial charge in [-0.15, -0.1) is 0 Å². The van der Waals surface area contributed by atoms with Crippen LogP contribution in [0.2, 0.25) is 0 Å². The van der Waals surface area contributed by atoms with Crippen LogP contribution in [0.25, 0.3) is 10.4 Å². The van der Waals surface area contributed by atoms with Crippen molar-refractivity contribution in [1.82, 2.24) is 9.55 Å². The SMILES string of the molecule is Cc1ccc(C(O)P(=O)(OC[C@H]2O[C@@H](n3cc(C)c(=O)[nH]c3=O)C[C@@H]2N=[N+]=[N-])Oc2ccccc2)cc1. The Hall–Kier alpha value is -3.66. The van der Waals surface area contributed by atoms with Crippen LogP contribution in [-0.4, -0.2) is 33.4 Å². The van der Waals surface area contributed by atoms with Gasteiger partial charge < -0.3 is 14.4 Å². The number of para-hydroxylation sites is 1. The van der Waals surface area contributed by atoms with E-state index in [2.05, 4.69) is 15.0 Å². The molecule has 12 nitrogen and oxygen atoms in total. The lowest BCUT2D eigenvalue weighted by molar-refractivity contribution is -0.0252. The Bertz CT molecular complexity index is 1450. The maximum Gasteiger partial charge on any atom is 0.412 e. The lowest BCUT2D eigenvalue weighted by Crippen LogP contribution is -2.33. The van der Waals surface area contributed by atoms with E-state index in [1.165, 1.54) is 10.8 Å². The summed E-state index contributed by atoms with van der Waals surface area (Å²) in [4.78, 5) is 29.1. The Balaban J connectivity index is 1.59. The predicted octanol–water partition coefficient (Wildman–Crippen LogP) is 4.10. The molecule has 1 saturated heterocycles. The van der Waals surface area contributed by atoms with Crippen molar-refractivity contribution in [3.05, 3.63) is 109 Å². The van der Waals surface area contributed by atoms with E-state index in [0.717, 1.165) is 5.56 Å². The van der Waals surface area contributed by atoms with Gasteiger partial charge in [0.2, 0.25) is 0 Å². The van der Waals surface area contributed by atoms with Crippen molar-refractivity contribution in [2.24, 2.45) is 5.11 Å². The molecule has 2 heterocycles. The number of aromatic nitrogens is 2. The van der Waals surface area contributed by atoms with Crippen LogP contribution in [-0.2, 0) is 13.8 Å². The second-order valence-corrected chi connectivity index (χ2v) is 10.6. The second-order valence-electron chi connectivity index (χ2n) is 8.64. The van der Waals surface area contributed by atoms with Crippen molar-refractivity contribution in [3.63, 3.8) is 0 Å². The number of nitrogens with one attached hydrogen (secondary N) is 1. The second kappa shape index (κ2) is 11.2. The Morgan fingerprint density at radius 2 is 1.92 bits per heavy atom. The average molecular weight is 527 g/mol. The molecule has 3 aromatic rings. The van der Waals surface area contributed by atoms with Gasteiger partial charge in [0.15, 0.2) is 5.85 Å². The number of ether oxygens (including phenoxy) is 1. The maximum absolute atomic E-state index is 13.9. The highest BCUT2D eigenvalue weighted by atomic mass is 31.2. The van der Waals surface area contributed by atoms with E-state index in [4.69, 9.17) is 19.3 Å². The molecule has 194 valence electrons. The van der Waals surface area contributed by atoms with E-state index < -0.39 is 43.1 Å². The number of aryl methyl sites for hydroxylation is 2. The summed E-state index contributed by atoms with van der Waals surface area (Å²) in [7, 11) is -4.26. The summed E-state index contributed by atoms with van der Waals surface area (Å²) >= 11 is 0. The Morgan fingerprint density at radius 3 is 2.59 bits per heavy atom. The van der Waals surface area contributed by atoms with Crippen LogP contribution < -0.4 is 15.8 Å². The van der Waals surface area contributed by atoms with Gasteiger partial charge in [-0.2, -0.15) is 0 Å². The molecule has 13 heteroatoms. The highest BCUT2D eigenvalue weighted by Gasteiger charge is 2.42. The van der Waals surface area contributed by atoms with Crippen LogP contribution in [0.1, 0.15) is 35.2 Å². The fourth-order valence-corrected chi connectivity index (χ4v) is 5.50. The third kappa shape index (κ3) is 6.02. The molecule has 0 aliphatic carbocycles. The minimum absolute atomic E-state index is 0.105. The number of aliphatic hydroxyl groups excluding tert-OH is 1. The molecule has 2 N–H and O–H groups in total. The fourth-order valence-electron chi connectivity index (χ4n) is 3.90. The highest BCUT2D eigenvalue weighted by molar-refractivity contribution is 7.54. The Labute approximate surface area is 211 Å². The number of rotatable bonds is 9. The average Bonchev–Trinajstić information content (AvgIpc) is 3.28. The monoisotopic (exact) mass is 527 g/mol. The topological polar surface area (TPSA) is 169 Å². The van der Waals surface area contributed by atoms with Crippen molar-refractivity contribution < 1.29 is 23.5 Å². The van der Waals surface area contributed by atoms with Gasteiger partial charge in [0.05, 0.1) is 18.8 Å². The third-order valence-electron chi connectivity index (χ3n) is 5.93. The van der Waals surface area contributed by atoms with E-state index in [9.17, 15) is 19.3 Å². The van der Waals surface area contributed by atoms with Crippen LogP contribution in [0, 0.1) is 13.8 Å². The summed E-state index contributed by atoms with van der Waals surface area (Å²) in [6, 6.07) is 14.3. The molecule has 0 spiro atoms. The van der Waals surface area contributed by atoms with Crippen molar-refractivity contribution in [3.8, 4) is 5.75 Å². The summed E-state index contributed by atoms with van der Waals surface area (Å²) in [6.07, 6.45) is -0.331. The van der Waals surface area contributed by atoms with Crippen LogP contribution >= 0.6 is 7.60 Å². The third-order valence-corrected chi connectivity index (χ3v) is 7.80. The van der Waals surface area contributed by atoms with Gasteiger partial charge in [-0.25, -0.2) is 9.36 Å². The highest BCUT2D eigenvalue weighted by Crippen LogP contribution is 2.59. The Morgan fingerprint density at radius 1 is 1.22 bits per heavy atom. The van der Waals surface area contributed by atoms with Crippen molar-refractivity contribution in [1.29, 1.82) is 0 Å². The zero-order valence-electron chi connectivity index (χ0n) is 20.1. The first kappa shape index (κ1) is 26.4. The first-order valence-corrected chi connectivity index (χ1v) is 13.1. The molecular formula is C24H26N5O7P. The van der Waals surface area contributed by atoms with Gasteiger partial charge in [0, 0.05) is 23.1 Å². The molecule has 0 bridgehead atoms. The zero-order valence-corrected chi connectivity index (χ0v) is 21.0. The zero-order chi connectivity index (χ0) is 26.6.